The van der Waals surface area contributed by atoms with Crippen LogP contribution in [-0.2, 0) is 9.59 Å². The molecule has 136 valence electrons. The van der Waals surface area contributed by atoms with Crippen molar-refractivity contribution in [3.63, 3.8) is 0 Å². The molecule has 0 bridgehead atoms. The van der Waals surface area contributed by atoms with Gasteiger partial charge in [-0.2, -0.15) is 0 Å². The van der Waals surface area contributed by atoms with Crippen molar-refractivity contribution in [2.75, 3.05) is 32.7 Å². The van der Waals surface area contributed by atoms with Gasteiger partial charge in [0, 0.05) is 38.5 Å². The summed E-state index contributed by atoms with van der Waals surface area (Å²) in [6.45, 7) is 3.43. The average molecular weight is 335 g/mol. The number of hydrogen-bond acceptors (Lipinski definition) is 3. The van der Waals surface area contributed by atoms with Crippen LogP contribution in [0.3, 0.4) is 0 Å². The monoisotopic (exact) mass is 335 g/mol. The third kappa shape index (κ3) is 4.11. The fourth-order valence-electron chi connectivity index (χ4n) is 4.82. The Bertz CT molecular complexity index is 440. The molecule has 2 amide bonds. The zero-order valence-corrected chi connectivity index (χ0v) is 14.9. The maximum Gasteiger partial charge on any atom is 0.226 e. The van der Waals surface area contributed by atoms with Gasteiger partial charge in [0.15, 0.2) is 0 Å². The van der Waals surface area contributed by atoms with Gasteiger partial charge in [0.2, 0.25) is 11.8 Å². The largest absolute Gasteiger partial charge is 0.339 e. The molecule has 1 saturated heterocycles. The second-order valence-electron chi connectivity index (χ2n) is 7.95. The number of amides is 2. The molecule has 0 aromatic carbocycles. The van der Waals surface area contributed by atoms with Gasteiger partial charge >= 0.3 is 0 Å². The van der Waals surface area contributed by atoms with Crippen LogP contribution in [0.15, 0.2) is 0 Å². The van der Waals surface area contributed by atoms with Crippen LogP contribution in [0.1, 0.15) is 57.8 Å². The first kappa shape index (κ1) is 17.7. The van der Waals surface area contributed by atoms with E-state index in [1.807, 2.05) is 9.80 Å². The van der Waals surface area contributed by atoms with Crippen LogP contribution >= 0.6 is 0 Å². The molecule has 0 aromatic rings. The van der Waals surface area contributed by atoms with Crippen molar-refractivity contribution in [3.05, 3.63) is 0 Å². The van der Waals surface area contributed by atoms with E-state index in [1.165, 1.54) is 32.1 Å². The van der Waals surface area contributed by atoms with Gasteiger partial charge in [0.1, 0.15) is 0 Å². The van der Waals surface area contributed by atoms with E-state index in [1.54, 1.807) is 0 Å². The maximum absolute atomic E-state index is 12.7. The van der Waals surface area contributed by atoms with Gasteiger partial charge in [-0.05, 0) is 44.1 Å². The molecule has 5 nitrogen and oxygen atoms in total. The number of nitrogens with zero attached hydrogens (tertiary/aromatic N) is 2. The normalized spacial score (nSPS) is 29.0. The van der Waals surface area contributed by atoms with E-state index >= 15 is 0 Å². The van der Waals surface area contributed by atoms with Crippen molar-refractivity contribution < 1.29 is 9.59 Å². The minimum absolute atomic E-state index is 0.125. The molecule has 0 aromatic heterocycles. The summed E-state index contributed by atoms with van der Waals surface area (Å²) in [7, 11) is 0. The SMILES string of the molecule is NC[C@H]1CCC[C@H]1C(=O)N1CCN(C(=O)CC2CCCCC2)CC1. The summed E-state index contributed by atoms with van der Waals surface area (Å²) in [4.78, 5) is 29.2. The highest BCUT2D eigenvalue weighted by atomic mass is 16.2. The van der Waals surface area contributed by atoms with E-state index in [4.69, 9.17) is 5.73 Å². The highest BCUT2D eigenvalue weighted by Gasteiger charge is 2.36. The number of rotatable bonds is 4. The molecule has 0 unspecified atom stereocenters. The molecular formula is C19H33N3O2. The molecule has 2 atom stereocenters. The predicted octanol–water partition coefficient (Wildman–Crippen LogP) is 2.00. The summed E-state index contributed by atoms with van der Waals surface area (Å²) in [6.07, 6.45) is 10.2. The number of nitrogens with two attached hydrogens (primary N) is 1. The molecule has 5 heteroatoms. The summed E-state index contributed by atoms with van der Waals surface area (Å²) in [5.74, 6) is 1.66. The Kier molecular flexibility index (Phi) is 6.14. The van der Waals surface area contributed by atoms with E-state index < -0.39 is 0 Å². The fraction of sp³-hybridized carbons (Fsp3) is 0.895. The van der Waals surface area contributed by atoms with Gasteiger partial charge in [-0.3, -0.25) is 9.59 Å². The fourth-order valence-corrected chi connectivity index (χ4v) is 4.82. The zero-order valence-electron chi connectivity index (χ0n) is 14.9. The average Bonchev–Trinajstić information content (AvgIpc) is 3.11. The van der Waals surface area contributed by atoms with Gasteiger partial charge < -0.3 is 15.5 Å². The van der Waals surface area contributed by atoms with Crippen molar-refractivity contribution >= 4 is 11.8 Å². The number of hydrogen-bond donors (Lipinski definition) is 1. The van der Waals surface area contributed by atoms with Crippen LogP contribution in [0.2, 0.25) is 0 Å². The van der Waals surface area contributed by atoms with Crippen LogP contribution < -0.4 is 5.73 Å². The summed E-state index contributed by atoms with van der Waals surface area (Å²) >= 11 is 0. The van der Waals surface area contributed by atoms with Gasteiger partial charge in [-0.15, -0.1) is 0 Å². The summed E-state index contributed by atoms with van der Waals surface area (Å²) in [5.41, 5.74) is 5.82. The third-order valence-electron chi connectivity index (χ3n) is 6.41. The number of carbonyl (C=O) groups is 2. The van der Waals surface area contributed by atoms with Crippen LogP contribution in [0.4, 0.5) is 0 Å². The minimum atomic E-state index is 0.125. The molecule has 3 fully saturated rings. The molecule has 2 aliphatic carbocycles. The summed E-state index contributed by atoms with van der Waals surface area (Å²) < 4.78 is 0. The first-order valence-corrected chi connectivity index (χ1v) is 9.95. The highest BCUT2D eigenvalue weighted by molar-refractivity contribution is 5.80. The van der Waals surface area contributed by atoms with Gasteiger partial charge in [-0.1, -0.05) is 25.7 Å². The Morgan fingerprint density at radius 3 is 2.17 bits per heavy atom. The minimum Gasteiger partial charge on any atom is -0.339 e. The zero-order chi connectivity index (χ0) is 16.9. The molecule has 2 N–H and O–H groups in total. The van der Waals surface area contributed by atoms with E-state index in [0.29, 0.717) is 56.9 Å². The van der Waals surface area contributed by atoms with Gasteiger partial charge in [-0.25, -0.2) is 0 Å². The lowest BCUT2D eigenvalue weighted by atomic mass is 9.86. The standard InChI is InChI=1S/C19H33N3O2/c20-14-16-7-4-8-17(16)19(24)22-11-9-21(10-12-22)18(23)13-15-5-2-1-3-6-15/h15-17H,1-14,20H2/t16-,17-/m1/s1. The highest BCUT2D eigenvalue weighted by Crippen LogP contribution is 2.32. The van der Waals surface area contributed by atoms with Gasteiger partial charge in [0.05, 0.1) is 0 Å². The third-order valence-corrected chi connectivity index (χ3v) is 6.41. The lowest BCUT2D eigenvalue weighted by Crippen LogP contribution is -2.52. The van der Waals surface area contributed by atoms with Crippen LogP contribution in [0, 0.1) is 17.8 Å². The molecule has 2 saturated carbocycles. The Morgan fingerprint density at radius 2 is 1.50 bits per heavy atom. The summed E-state index contributed by atoms with van der Waals surface area (Å²) in [5, 5.41) is 0. The second-order valence-corrected chi connectivity index (χ2v) is 7.95. The van der Waals surface area contributed by atoms with E-state index in [9.17, 15) is 9.59 Å². The topological polar surface area (TPSA) is 66.6 Å². The Hall–Kier alpha value is -1.10. The lowest BCUT2D eigenvalue weighted by molar-refractivity contribution is -0.143. The van der Waals surface area contributed by atoms with E-state index in [0.717, 1.165) is 19.3 Å². The smallest absolute Gasteiger partial charge is 0.226 e. The van der Waals surface area contributed by atoms with Crippen molar-refractivity contribution in [1.82, 2.24) is 9.80 Å². The van der Waals surface area contributed by atoms with Crippen LogP contribution in [-0.4, -0.2) is 54.3 Å². The predicted molar refractivity (Wildman–Crippen MR) is 94.2 cm³/mol. The number of piperazine rings is 1. The first-order valence-electron chi connectivity index (χ1n) is 9.95. The molecule has 1 heterocycles. The molecule has 3 aliphatic rings. The van der Waals surface area contributed by atoms with Crippen molar-refractivity contribution in [3.8, 4) is 0 Å². The first-order chi connectivity index (χ1) is 11.7. The maximum atomic E-state index is 12.7. The van der Waals surface area contributed by atoms with E-state index in [2.05, 4.69) is 0 Å². The summed E-state index contributed by atoms with van der Waals surface area (Å²) in [6, 6.07) is 0. The molecule has 1 aliphatic heterocycles. The van der Waals surface area contributed by atoms with Crippen LogP contribution in [0.5, 0.6) is 0 Å². The lowest BCUT2D eigenvalue weighted by Gasteiger charge is -2.37. The molecular weight excluding hydrogens is 302 g/mol. The Balaban J connectivity index is 1.45. The van der Waals surface area contributed by atoms with E-state index in [-0.39, 0.29) is 11.8 Å². The molecule has 0 spiro atoms. The van der Waals surface area contributed by atoms with Crippen LogP contribution in [0.25, 0.3) is 0 Å². The van der Waals surface area contributed by atoms with Crippen molar-refractivity contribution in [2.24, 2.45) is 23.5 Å². The van der Waals surface area contributed by atoms with Gasteiger partial charge in [0.25, 0.3) is 0 Å². The second kappa shape index (κ2) is 8.32. The quantitative estimate of drug-likeness (QED) is 0.854. The molecule has 3 rings (SSSR count). The number of carbonyl (C=O) groups excluding carboxylic acids is 2. The Morgan fingerprint density at radius 1 is 0.833 bits per heavy atom. The Labute approximate surface area is 145 Å². The molecule has 24 heavy (non-hydrogen) atoms. The van der Waals surface area contributed by atoms with Crippen molar-refractivity contribution in [2.45, 2.75) is 57.8 Å². The molecule has 0 radical (unpaired) electrons. The van der Waals surface area contributed by atoms with Crippen molar-refractivity contribution in [1.29, 1.82) is 0 Å².